The average molecular weight is 393 g/mol. The molecule has 0 aliphatic carbocycles. The first-order valence-corrected chi connectivity index (χ1v) is 9.57. The summed E-state index contributed by atoms with van der Waals surface area (Å²) < 4.78 is 27.9. The molecule has 1 rings (SSSR count). The minimum absolute atomic E-state index is 0.0333. The van der Waals surface area contributed by atoms with Crippen LogP contribution in [0.25, 0.3) is 0 Å². The lowest BCUT2D eigenvalue weighted by Gasteiger charge is -2.24. The van der Waals surface area contributed by atoms with E-state index in [0.29, 0.717) is 5.56 Å². The van der Waals surface area contributed by atoms with Crippen molar-refractivity contribution >= 4 is 31.7 Å². The summed E-state index contributed by atoms with van der Waals surface area (Å²) in [7, 11) is -3.03. The van der Waals surface area contributed by atoms with Crippen molar-refractivity contribution in [3.63, 3.8) is 0 Å². The second-order valence-electron chi connectivity index (χ2n) is 5.21. The Balaban J connectivity index is 2.39. The number of carbonyl (C=O) groups is 1. The number of sulfone groups is 1. The highest BCUT2D eigenvalue weighted by molar-refractivity contribution is 9.10. The summed E-state index contributed by atoms with van der Waals surface area (Å²) in [6, 6.07) is 7.21. The minimum atomic E-state index is -3.03. The van der Waals surface area contributed by atoms with Crippen molar-refractivity contribution in [1.82, 2.24) is 5.32 Å². The molecule has 0 spiro atoms. The lowest BCUT2D eigenvalue weighted by atomic mass is 9.92. The zero-order chi connectivity index (χ0) is 16.8. The van der Waals surface area contributed by atoms with E-state index in [0.717, 1.165) is 10.7 Å². The van der Waals surface area contributed by atoms with Gasteiger partial charge in [0.25, 0.3) is 0 Å². The standard InChI is InChI=1S/C14H21BrN2O4S/c1-14(16,11-3-5-12(15)6-4-11)13(18)17-7-8-21-9-10-22(2,19)20/h3-6H,7-10,16H2,1-2H3,(H,17,18). The van der Waals surface area contributed by atoms with Crippen LogP contribution in [-0.4, -0.2) is 46.1 Å². The fourth-order valence-electron chi connectivity index (χ4n) is 1.66. The number of carbonyl (C=O) groups excluding carboxylic acids is 1. The second-order valence-corrected chi connectivity index (χ2v) is 8.38. The van der Waals surface area contributed by atoms with Crippen LogP contribution in [-0.2, 0) is 24.9 Å². The maximum atomic E-state index is 12.1. The molecule has 0 fully saturated rings. The zero-order valence-corrected chi connectivity index (χ0v) is 15.0. The molecule has 3 N–H and O–H groups in total. The van der Waals surface area contributed by atoms with Crippen LogP contribution in [0.15, 0.2) is 28.7 Å². The van der Waals surface area contributed by atoms with Crippen molar-refractivity contribution in [2.24, 2.45) is 5.73 Å². The topological polar surface area (TPSA) is 98.5 Å². The van der Waals surface area contributed by atoms with Crippen LogP contribution in [0.3, 0.4) is 0 Å². The lowest BCUT2D eigenvalue weighted by Crippen LogP contribution is -2.49. The normalized spacial score (nSPS) is 14.4. The van der Waals surface area contributed by atoms with E-state index in [4.69, 9.17) is 10.5 Å². The summed E-state index contributed by atoms with van der Waals surface area (Å²) in [6.07, 6.45) is 1.15. The summed E-state index contributed by atoms with van der Waals surface area (Å²) in [5, 5.41) is 2.68. The van der Waals surface area contributed by atoms with Gasteiger partial charge < -0.3 is 15.8 Å². The molecule has 1 amide bonds. The molecule has 1 atom stereocenters. The number of ether oxygens (including phenoxy) is 1. The third-order valence-electron chi connectivity index (χ3n) is 3.05. The predicted molar refractivity (Wildman–Crippen MR) is 89.2 cm³/mol. The highest BCUT2D eigenvalue weighted by Gasteiger charge is 2.29. The lowest BCUT2D eigenvalue weighted by molar-refractivity contribution is -0.126. The predicted octanol–water partition coefficient (Wildman–Crippen LogP) is 0.800. The second kappa shape index (κ2) is 8.05. The van der Waals surface area contributed by atoms with Gasteiger partial charge in [-0.15, -0.1) is 0 Å². The van der Waals surface area contributed by atoms with Gasteiger partial charge >= 0.3 is 0 Å². The van der Waals surface area contributed by atoms with Gasteiger partial charge in [-0.05, 0) is 24.6 Å². The van der Waals surface area contributed by atoms with Gasteiger partial charge in [-0.25, -0.2) is 8.42 Å². The first-order chi connectivity index (χ1) is 10.1. The van der Waals surface area contributed by atoms with Gasteiger partial charge in [-0.1, -0.05) is 28.1 Å². The molecule has 0 heterocycles. The van der Waals surface area contributed by atoms with E-state index < -0.39 is 15.4 Å². The Hall–Kier alpha value is -0.960. The molecule has 0 aliphatic rings. The highest BCUT2D eigenvalue weighted by Crippen LogP contribution is 2.20. The number of benzene rings is 1. The minimum Gasteiger partial charge on any atom is -0.379 e. The Morgan fingerprint density at radius 1 is 1.32 bits per heavy atom. The monoisotopic (exact) mass is 392 g/mol. The maximum Gasteiger partial charge on any atom is 0.244 e. The van der Waals surface area contributed by atoms with E-state index >= 15 is 0 Å². The fraction of sp³-hybridized carbons (Fsp3) is 0.500. The van der Waals surface area contributed by atoms with Crippen molar-refractivity contribution in [1.29, 1.82) is 0 Å². The van der Waals surface area contributed by atoms with Gasteiger partial charge in [-0.3, -0.25) is 4.79 Å². The van der Waals surface area contributed by atoms with Crippen LogP contribution < -0.4 is 11.1 Å². The van der Waals surface area contributed by atoms with E-state index in [1.54, 1.807) is 19.1 Å². The quantitative estimate of drug-likeness (QED) is 0.637. The average Bonchev–Trinajstić information content (AvgIpc) is 2.41. The van der Waals surface area contributed by atoms with E-state index in [2.05, 4.69) is 21.2 Å². The van der Waals surface area contributed by atoms with Crippen LogP contribution in [0.4, 0.5) is 0 Å². The van der Waals surface area contributed by atoms with Crippen molar-refractivity contribution < 1.29 is 17.9 Å². The Labute approximate surface area is 139 Å². The Bertz CT molecular complexity index is 600. The largest absolute Gasteiger partial charge is 0.379 e. The van der Waals surface area contributed by atoms with Crippen molar-refractivity contribution in [2.75, 3.05) is 31.8 Å². The van der Waals surface area contributed by atoms with Crippen LogP contribution in [0.2, 0.25) is 0 Å². The van der Waals surface area contributed by atoms with Gasteiger partial charge in [0.2, 0.25) is 5.91 Å². The molecule has 1 unspecified atom stereocenters. The smallest absolute Gasteiger partial charge is 0.244 e. The van der Waals surface area contributed by atoms with Crippen molar-refractivity contribution in [2.45, 2.75) is 12.5 Å². The SMILES string of the molecule is CC(N)(C(=O)NCCOCCS(C)(=O)=O)c1ccc(Br)cc1. The molecule has 0 aliphatic heterocycles. The summed E-state index contributed by atoms with van der Waals surface area (Å²) in [5.41, 5.74) is 5.64. The molecule has 0 saturated heterocycles. The van der Waals surface area contributed by atoms with Crippen molar-refractivity contribution in [3.8, 4) is 0 Å². The molecular formula is C14H21BrN2O4S. The number of nitrogens with two attached hydrogens (primary N) is 1. The van der Waals surface area contributed by atoms with E-state index in [1.165, 1.54) is 0 Å². The summed E-state index contributed by atoms with van der Waals surface area (Å²) >= 11 is 3.33. The molecule has 22 heavy (non-hydrogen) atoms. The molecular weight excluding hydrogens is 372 g/mol. The first-order valence-electron chi connectivity index (χ1n) is 6.71. The molecule has 0 radical (unpaired) electrons. The fourth-order valence-corrected chi connectivity index (χ4v) is 2.34. The number of halogens is 1. The summed E-state index contributed by atoms with van der Waals surface area (Å²) in [6.45, 7) is 2.25. The number of hydrogen-bond donors (Lipinski definition) is 2. The Morgan fingerprint density at radius 2 is 1.91 bits per heavy atom. The van der Waals surface area contributed by atoms with Gasteiger partial charge in [0.1, 0.15) is 15.4 Å². The molecule has 6 nitrogen and oxygen atoms in total. The van der Waals surface area contributed by atoms with Gasteiger partial charge in [0.15, 0.2) is 0 Å². The third-order valence-corrected chi connectivity index (χ3v) is 4.48. The van der Waals surface area contributed by atoms with Gasteiger partial charge in [0.05, 0.1) is 19.0 Å². The summed E-state index contributed by atoms with van der Waals surface area (Å²) in [5.74, 6) is -0.351. The zero-order valence-electron chi connectivity index (χ0n) is 12.6. The molecule has 0 saturated carbocycles. The number of hydrogen-bond acceptors (Lipinski definition) is 5. The third kappa shape index (κ3) is 6.43. The van der Waals surface area contributed by atoms with Crippen molar-refractivity contribution in [3.05, 3.63) is 34.3 Å². The number of rotatable bonds is 8. The van der Waals surface area contributed by atoms with Crippen LogP contribution in [0.1, 0.15) is 12.5 Å². The van der Waals surface area contributed by atoms with Gasteiger partial charge in [0, 0.05) is 17.3 Å². The van der Waals surface area contributed by atoms with E-state index in [-0.39, 0.29) is 31.4 Å². The number of amides is 1. The van der Waals surface area contributed by atoms with E-state index in [1.807, 2.05) is 12.1 Å². The number of nitrogens with one attached hydrogen (secondary N) is 1. The van der Waals surface area contributed by atoms with Crippen LogP contribution >= 0.6 is 15.9 Å². The highest BCUT2D eigenvalue weighted by atomic mass is 79.9. The Kier molecular flexibility index (Phi) is 6.98. The first kappa shape index (κ1) is 19.1. The molecule has 124 valence electrons. The van der Waals surface area contributed by atoms with Gasteiger partial charge in [-0.2, -0.15) is 0 Å². The molecule has 0 aromatic heterocycles. The summed E-state index contributed by atoms with van der Waals surface area (Å²) in [4.78, 5) is 12.1. The molecule has 8 heteroatoms. The van der Waals surface area contributed by atoms with Crippen LogP contribution in [0, 0.1) is 0 Å². The molecule has 1 aromatic carbocycles. The molecule has 0 bridgehead atoms. The molecule has 1 aromatic rings. The maximum absolute atomic E-state index is 12.1. The van der Waals surface area contributed by atoms with E-state index in [9.17, 15) is 13.2 Å². The van der Waals surface area contributed by atoms with Crippen LogP contribution in [0.5, 0.6) is 0 Å². The Morgan fingerprint density at radius 3 is 2.45 bits per heavy atom.